The minimum atomic E-state index is -0.475. The van der Waals surface area contributed by atoms with E-state index in [1.165, 1.54) is 107 Å². The van der Waals surface area contributed by atoms with E-state index in [0.717, 1.165) is 17.1 Å². The van der Waals surface area contributed by atoms with Gasteiger partial charge in [-0.2, -0.15) is 0 Å². The molecule has 0 saturated heterocycles. The summed E-state index contributed by atoms with van der Waals surface area (Å²) in [5.74, 6) is 0. The zero-order chi connectivity index (χ0) is 44.8. The highest BCUT2D eigenvalue weighted by molar-refractivity contribution is 7.27. The summed E-state index contributed by atoms with van der Waals surface area (Å²) in [6.07, 6.45) is 0. The molecule has 0 unspecified atom stereocenters. The van der Waals surface area contributed by atoms with Crippen molar-refractivity contribution in [2.45, 2.75) is 5.41 Å². The molecule has 1 aliphatic rings. The molecule has 318 valence electrons. The van der Waals surface area contributed by atoms with Gasteiger partial charge in [0.25, 0.3) is 0 Å². The first-order valence-electron chi connectivity index (χ1n) is 23.3. The van der Waals surface area contributed by atoms with Crippen LogP contribution >= 0.6 is 22.7 Å². The fourth-order valence-corrected chi connectivity index (χ4v) is 13.8. The molecule has 1 nitrogen and oxygen atoms in total. The van der Waals surface area contributed by atoms with E-state index in [-0.39, 0.29) is 0 Å². The number of hydrogen-bond acceptors (Lipinski definition) is 3. The second-order valence-electron chi connectivity index (χ2n) is 18.0. The molecule has 0 amide bonds. The van der Waals surface area contributed by atoms with Crippen LogP contribution in [0, 0.1) is 0 Å². The van der Waals surface area contributed by atoms with Crippen LogP contribution in [-0.4, -0.2) is 0 Å². The summed E-state index contributed by atoms with van der Waals surface area (Å²) >= 11 is 3.78. The van der Waals surface area contributed by atoms with Crippen LogP contribution in [0.4, 0.5) is 17.1 Å². The van der Waals surface area contributed by atoms with Gasteiger partial charge < -0.3 is 4.90 Å². The molecule has 0 fully saturated rings. The Bertz CT molecular complexity index is 4060. The molecular weight excluding hydrogens is 859 g/mol. The van der Waals surface area contributed by atoms with Crippen LogP contribution in [-0.2, 0) is 5.41 Å². The second-order valence-corrected chi connectivity index (χ2v) is 20.1. The van der Waals surface area contributed by atoms with Crippen LogP contribution < -0.4 is 4.90 Å². The molecule has 0 aliphatic heterocycles. The summed E-state index contributed by atoms with van der Waals surface area (Å²) in [5, 5.41) is 7.83. The van der Waals surface area contributed by atoms with E-state index < -0.39 is 5.41 Å². The maximum atomic E-state index is 2.47. The lowest BCUT2D eigenvalue weighted by molar-refractivity contribution is 0.768. The average Bonchev–Trinajstić information content (AvgIpc) is 4.08. The molecule has 0 N–H and O–H groups in total. The first-order valence-corrected chi connectivity index (χ1v) is 24.9. The highest BCUT2D eigenvalue weighted by atomic mass is 32.1. The lowest BCUT2D eigenvalue weighted by Crippen LogP contribution is -2.28. The van der Waals surface area contributed by atoms with Gasteiger partial charge in [-0.1, -0.05) is 200 Å². The van der Waals surface area contributed by atoms with Crippen LogP contribution in [0.1, 0.15) is 22.3 Å². The Labute approximate surface area is 403 Å². The largest absolute Gasteiger partial charge is 0.310 e. The predicted molar refractivity (Wildman–Crippen MR) is 293 cm³/mol. The molecule has 68 heavy (non-hydrogen) atoms. The molecule has 0 saturated carbocycles. The minimum Gasteiger partial charge on any atom is -0.310 e. The van der Waals surface area contributed by atoms with Crippen molar-refractivity contribution in [3.63, 3.8) is 0 Å². The number of thiophene rings is 2. The van der Waals surface area contributed by atoms with E-state index >= 15 is 0 Å². The predicted octanol–water partition coefficient (Wildman–Crippen LogP) is 18.7. The minimum absolute atomic E-state index is 0.475. The standard InChI is InChI=1S/C65H41NS2/c1-3-19-46(20-4-1)65(47-21-5-2-6-22-47)59-30-11-9-26-53(59)58-41-50(34-37-60(58)65)66(48-23-13-17-43(38-48)44-33-35-55-54-27-10-12-31-61(54)67-62(55)40-44)49-24-14-18-45(39-49)52-28-15-29-56-57-36-32-42-16-7-8-25-51(42)63(57)68-64(52)56/h1-41H. The Balaban J connectivity index is 0.974. The summed E-state index contributed by atoms with van der Waals surface area (Å²) in [6.45, 7) is 0. The third-order valence-corrected chi connectivity index (χ3v) is 16.7. The maximum absolute atomic E-state index is 2.47. The molecule has 0 atom stereocenters. The van der Waals surface area contributed by atoms with Crippen molar-refractivity contribution in [1.82, 2.24) is 0 Å². The van der Waals surface area contributed by atoms with E-state index in [1.807, 2.05) is 22.7 Å². The summed E-state index contributed by atoms with van der Waals surface area (Å²) < 4.78 is 5.28. The van der Waals surface area contributed by atoms with Crippen LogP contribution in [0.15, 0.2) is 249 Å². The van der Waals surface area contributed by atoms with Gasteiger partial charge in [0.1, 0.15) is 0 Å². The second kappa shape index (κ2) is 15.5. The Morgan fingerprint density at radius 3 is 1.69 bits per heavy atom. The van der Waals surface area contributed by atoms with Crippen LogP contribution in [0.5, 0.6) is 0 Å². The first kappa shape index (κ1) is 39.1. The van der Waals surface area contributed by atoms with Crippen molar-refractivity contribution >= 4 is 90.9 Å². The summed E-state index contributed by atoms with van der Waals surface area (Å²) in [4.78, 5) is 2.47. The number of rotatable bonds is 7. The van der Waals surface area contributed by atoms with Crippen molar-refractivity contribution in [3.05, 3.63) is 271 Å². The number of hydrogen-bond donors (Lipinski definition) is 0. The zero-order valence-electron chi connectivity index (χ0n) is 36.9. The Hall–Kier alpha value is -8.08. The Morgan fingerprint density at radius 1 is 0.294 bits per heavy atom. The maximum Gasteiger partial charge on any atom is 0.0713 e. The topological polar surface area (TPSA) is 3.24 Å². The van der Waals surface area contributed by atoms with Gasteiger partial charge >= 0.3 is 0 Å². The van der Waals surface area contributed by atoms with Gasteiger partial charge in [-0.25, -0.2) is 0 Å². The third-order valence-electron chi connectivity index (χ3n) is 14.3. The van der Waals surface area contributed by atoms with Crippen molar-refractivity contribution in [1.29, 1.82) is 0 Å². The van der Waals surface area contributed by atoms with Crippen molar-refractivity contribution in [2.24, 2.45) is 0 Å². The van der Waals surface area contributed by atoms with Crippen LogP contribution in [0.3, 0.4) is 0 Å². The molecule has 11 aromatic carbocycles. The van der Waals surface area contributed by atoms with Crippen LogP contribution in [0.2, 0.25) is 0 Å². The van der Waals surface area contributed by atoms with Gasteiger partial charge in [0.15, 0.2) is 0 Å². The molecule has 0 radical (unpaired) electrons. The van der Waals surface area contributed by atoms with Crippen molar-refractivity contribution in [2.75, 3.05) is 4.90 Å². The first-order chi connectivity index (χ1) is 33.7. The number of fused-ring (bicyclic) bond motifs is 11. The molecule has 3 heteroatoms. The molecule has 14 rings (SSSR count). The number of nitrogens with zero attached hydrogens (tertiary/aromatic N) is 1. The van der Waals surface area contributed by atoms with E-state index in [2.05, 4.69) is 254 Å². The molecule has 0 spiro atoms. The van der Waals surface area contributed by atoms with E-state index in [4.69, 9.17) is 0 Å². The van der Waals surface area contributed by atoms with Gasteiger partial charge in [-0.3, -0.25) is 0 Å². The van der Waals surface area contributed by atoms with E-state index in [9.17, 15) is 0 Å². The van der Waals surface area contributed by atoms with Crippen LogP contribution in [0.25, 0.3) is 84.5 Å². The van der Waals surface area contributed by atoms with Gasteiger partial charge in [0, 0.05) is 57.4 Å². The monoisotopic (exact) mass is 899 g/mol. The molecular formula is C65H41NS2. The van der Waals surface area contributed by atoms with Gasteiger partial charge in [0.2, 0.25) is 0 Å². The van der Waals surface area contributed by atoms with Gasteiger partial charge in [0.05, 0.1) is 5.41 Å². The highest BCUT2D eigenvalue weighted by Gasteiger charge is 2.46. The SMILES string of the molecule is c1ccc(C2(c3ccccc3)c3ccccc3-c3cc(N(c4cccc(-c5ccc6c(c5)sc5ccccc56)c4)c4cccc(-c5cccc6c5sc5c7ccccc7ccc65)c4)ccc32)cc1. The smallest absolute Gasteiger partial charge is 0.0713 e. The van der Waals surface area contributed by atoms with Gasteiger partial charge in [-0.15, -0.1) is 22.7 Å². The number of benzene rings is 11. The lowest BCUT2D eigenvalue weighted by Gasteiger charge is -2.34. The molecule has 0 bridgehead atoms. The molecule has 2 heterocycles. The normalized spacial score (nSPS) is 12.8. The lowest BCUT2D eigenvalue weighted by atomic mass is 9.68. The van der Waals surface area contributed by atoms with Crippen molar-refractivity contribution < 1.29 is 0 Å². The highest BCUT2D eigenvalue weighted by Crippen LogP contribution is 2.57. The summed E-state index contributed by atoms with van der Waals surface area (Å²) in [7, 11) is 0. The molecule has 13 aromatic rings. The third kappa shape index (κ3) is 5.93. The fraction of sp³-hybridized carbons (Fsp3) is 0.0154. The number of anilines is 3. The van der Waals surface area contributed by atoms with Crippen molar-refractivity contribution in [3.8, 4) is 33.4 Å². The van der Waals surface area contributed by atoms with E-state index in [0.29, 0.717) is 0 Å². The Kier molecular flexibility index (Phi) is 8.92. The zero-order valence-corrected chi connectivity index (χ0v) is 38.6. The average molecular weight is 900 g/mol. The Morgan fingerprint density at radius 2 is 0.868 bits per heavy atom. The fourth-order valence-electron chi connectivity index (χ4n) is 11.3. The summed E-state index contributed by atoms with van der Waals surface area (Å²) in [6, 6.07) is 92.6. The van der Waals surface area contributed by atoms with E-state index in [1.54, 1.807) is 0 Å². The molecule has 1 aliphatic carbocycles. The summed E-state index contributed by atoms with van der Waals surface area (Å²) in [5.41, 5.74) is 15.3. The molecule has 2 aromatic heterocycles. The quantitative estimate of drug-likeness (QED) is 0.154. The van der Waals surface area contributed by atoms with Gasteiger partial charge in [-0.05, 0) is 115 Å².